The summed E-state index contributed by atoms with van der Waals surface area (Å²) in [6, 6.07) is 0. The van der Waals surface area contributed by atoms with Crippen molar-refractivity contribution >= 4 is 17.2 Å². The Kier molecular flexibility index (Phi) is 3.09. The van der Waals surface area contributed by atoms with Gasteiger partial charge in [0.05, 0.1) is 4.99 Å². The molecule has 80 valence electrons. The molecule has 14 heavy (non-hydrogen) atoms. The molecule has 5 heteroatoms. The predicted octanol–water partition coefficient (Wildman–Crippen LogP) is 1.71. The molecule has 1 fully saturated rings. The SMILES string of the molecule is CN1CCC(C(C)(C)[N+](=O)[O-])CC1=S. The number of rotatable bonds is 2. The molecule has 0 bridgehead atoms. The molecule has 1 aliphatic heterocycles. The van der Waals surface area contributed by atoms with Crippen molar-refractivity contribution in [1.29, 1.82) is 0 Å². The van der Waals surface area contributed by atoms with E-state index in [0.29, 0.717) is 6.42 Å². The van der Waals surface area contributed by atoms with Gasteiger partial charge in [0.1, 0.15) is 0 Å². The largest absolute Gasteiger partial charge is 0.369 e. The lowest BCUT2D eigenvalue weighted by atomic mass is 9.81. The smallest absolute Gasteiger partial charge is 0.220 e. The molecule has 0 aromatic carbocycles. The standard InChI is InChI=1S/C9H16N2O2S/c1-9(2,11(12)13)7-4-5-10(3)8(14)6-7/h7H,4-6H2,1-3H3. The average Bonchev–Trinajstić information content (AvgIpc) is 2.09. The number of piperidine rings is 1. The number of hydrogen-bond donors (Lipinski definition) is 0. The van der Waals surface area contributed by atoms with E-state index in [0.717, 1.165) is 18.0 Å². The van der Waals surface area contributed by atoms with Crippen LogP contribution < -0.4 is 0 Å². The second-order valence-corrected chi connectivity index (χ2v) is 4.89. The minimum absolute atomic E-state index is 0.0706. The van der Waals surface area contributed by atoms with Crippen molar-refractivity contribution in [3.8, 4) is 0 Å². The number of thiocarbonyl (C=S) groups is 1. The van der Waals surface area contributed by atoms with Crippen molar-refractivity contribution < 1.29 is 4.92 Å². The first-order chi connectivity index (χ1) is 6.35. The molecule has 1 saturated heterocycles. The van der Waals surface area contributed by atoms with Crippen LogP contribution >= 0.6 is 12.2 Å². The molecule has 1 unspecified atom stereocenters. The van der Waals surface area contributed by atoms with E-state index < -0.39 is 5.54 Å². The quantitative estimate of drug-likeness (QED) is 0.400. The zero-order valence-electron chi connectivity index (χ0n) is 8.82. The summed E-state index contributed by atoms with van der Waals surface area (Å²) in [4.78, 5) is 13.5. The van der Waals surface area contributed by atoms with Crippen molar-refractivity contribution in [1.82, 2.24) is 4.90 Å². The van der Waals surface area contributed by atoms with E-state index in [4.69, 9.17) is 12.2 Å². The first kappa shape index (κ1) is 11.4. The van der Waals surface area contributed by atoms with Gasteiger partial charge < -0.3 is 4.90 Å². The molecule has 1 heterocycles. The second kappa shape index (κ2) is 3.81. The van der Waals surface area contributed by atoms with Gasteiger partial charge in [0, 0.05) is 44.7 Å². The van der Waals surface area contributed by atoms with E-state index in [1.807, 2.05) is 11.9 Å². The highest BCUT2D eigenvalue weighted by atomic mass is 32.1. The van der Waals surface area contributed by atoms with Gasteiger partial charge in [0.15, 0.2) is 0 Å². The summed E-state index contributed by atoms with van der Waals surface area (Å²) >= 11 is 5.16. The molecule has 0 aromatic heterocycles. The molecule has 4 nitrogen and oxygen atoms in total. The van der Waals surface area contributed by atoms with E-state index in [2.05, 4.69) is 0 Å². The third-order valence-electron chi connectivity index (χ3n) is 3.13. The number of nitro groups is 1. The van der Waals surface area contributed by atoms with E-state index >= 15 is 0 Å². The van der Waals surface area contributed by atoms with Crippen molar-refractivity contribution in [3.63, 3.8) is 0 Å². The number of likely N-dealkylation sites (tertiary alicyclic amines) is 1. The fraction of sp³-hybridized carbons (Fsp3) is 0.889. The summed E-state index contributed by atoms with van der Waals surface area (Å²) in [6.07, 6.45) is 1.52. The van der Waals surface area contributed by atoms with Crippen LogP contribution in [0.2, 0.25) is 0 Å². The monoisotopic (exact) mass is 216 g/mol. The Morgan fingerprint density at radius 2 is 2.21 bits per heavy atom. The summed E-state index contributed by atoms with van der Waals surface area (Å²) in [5, 5.41) is 10.9. The highest BCUT2D eigenvalue weighted by Crippen LogP contribution is 2.30. The van der Waals surface area contributed by atoms with Gasteiger partial charge >= 0.3 is 0 Å². The summed E-state index contributed by atoms with van der Waals surface area (Å²) in [5.41, 5.74) is -0.856. The van der Waals surface area contributed by atoms with Crippen LogP contribution in [0.3, 0.4) is 0 Å². The Bertz CT molecular complexity index is 266. The molecule has 0 aromatic rings. The van der Waals surface area contributed by atoms with Gasteiger partial charge in [-0.05, 0) is 6.42 Å². The number of nitrogens with zero attached hydrogens (tertiary/aromatic N) is 2. The Balaban J connectivity index is 2.72. The van der Waals surface area contributed by atoms with Crippen LogP contribution in [0.5, 0.6) is 0 Å². The zero-order valence-corrected chi connectivity index (χ0v) is 9.63. The van der Waals surface area contributed by atoms with Crippen LogP contribution in [-0.4, -0.2) is 33.9 Å². The van der Waals surface area contributed by atoms with Gasteiger partial charge in [-0.1, -0.05) is 12.2 Å². The van der Waals surface area contributed by atoms with Crippen LogP contribution in [-0.2, 0) is 0 Å². The predicted molar refractivity (Wildman–Crippen MR) is 59.0 cm³/mol. The van der Waals surface area contributed by atoms with Crippen molar-refractivity contribution in [2.24, 2.45) is 5.92 Å². The van der Waals surface area contributed by atoms with Crippen LogP contribution in [0.15, 0.2) is 0 Å². The van der Waals surface area contributed by atoms with Gasteiger partial charge in [-0.2, -0.15) is 0 Å². The van der Waals surface area contributed by atoms with Gasteiger partial charge in [-0.25, -0.2) is 0 Å². The summed E-state index contributed by atoms with van der Waals surface area (Å²) in [7, 11) is 1.94. The molecule has 1 atom stereocenters. The molecule has 1 rings (SSSR count). The first-order valence-electron chi connectivity index (χ1n) is 4.74. The van der Waals surface area contributed by atoms with Crippen LogP contribution in [0.25, 0.3) is 0 Å². The van der Waals surface area contributed by atoms with Crippen molar-refractivity contribution in [3.05, 3.63) is 10.1 Å². The third kappa shape index (κ3) is 2.03. The molecular formula is C9H16N2O2S. The molecule has 1 aliphatic rings. The fourth-order valence-corrected chi connectivity index (χ4v) is 1.99. The van der Waals surface area contributed by atoms with E-state index in [-0.39, 0.29) is 10.8 Å². The Labute approximate surface area is 89.4 Å². The molecular weight excluding hydrogens is 200 g/mol. The lowest BCUT2D eigenvalue weighted by Gasteiger charge is -2.35. The Morgan fingerprint density at radius 3 is 2.64 bits per heavy atom. The van der Waals surface area contributed by atoms with Crippen molar-refractivity contribution in [2.75, 3.05) is 13.6 Å². The lowest BCUT2D eigenvalue weighted by Crippen LogP contribution is -2.46. The molecule has 0 radical (unpaired) electrons. The van der Waals surface area contributed by atoms with E-state index in [1.54, 1.807) is 13.8 Å². The number of hydrogen-bond acceptors (Lipinski definition) is 3. The zero-order chi connectivity index (χ0) is 10.9. The van der Waals surface area contributed by atoms with E-state index in [9.17, 15) is 10.1 Å². The normalized spacial score (nSPS) is 23.8. The molecule has 0 spiro atoms. The highest BCUT2D eigenvalue weighted by Gasteiger charge is 2.42. The lowest BCUT2D eigenvalue weighted by molar-refractivity contribution is -0.571. The van der Waals surface area contributed by atoms with Gasteiger partial charge in [-0.15, -0.1) is 0 Å². The highest BCUT2D eigenvalue weighted by molar-refractivity contribution is 7.80. The summed E-state index contributed by atoms with van der Waals surface area (Å²) in [6.45, 7) is 4.21. The summed E-state index contributed by atoms with van der Waals surface area (Å²) in [5.74, 6) is 0.0706. The Hall–Kier alpha value is -0.710. The van der Waals surface area contributed by atoms with E-state index in [1.165, 1.54) is 0 Å². The maximum absolute atomic E-state index is 10.9. The average molecular weight is 216 g/mol. The van der Waals surface area contributed by atoms with Crippen LogP contribution in [0, 0.1) is 16.0 Å². The van der Waals surface area contributed by atoms with Crippen LogP contribution in [0.4, 0.5) is 0 Å². The fourth-order valence-electron chi connectivity index (χ4n) is 1.69. The second-order valence-electron chi connectivity index (χ2n) is 4.42. The maximum atomic E-state index is 10.9. The van der Waals surface area contributed by atoms with Crippen LogP contribution in [0.1, 0.15) is 26.7 Å². The summed E-state index contributed by atoms with van der Waals surface area (Å²) < 4.78 is 0. The maximum Gasteiger partial charge on any atom is 0.220 e. The van der Waals surface area contributed by atoms with Gasteiger partial charge in [0.2, 0.25) is 5.54 Å². The minimum atomic E-state index is -0.856. The molecule has 0 amide bonds. The van der Waals surface area contributed by atoms with Crippen molar-refractivity contribution in [2.45, 2.75) is 32.2 Å². The molecule has 0 N–H and O–H groups in total. The molecule has 0 saturated carbocycles. The topological polar surface area (TPSA) is 46.4 Å². The third-order valence-corrected chi connectivity index (χ3v) is 3.61. The van der Waals surface area contributed by atoms with Gasteiger partial charge in [-0.3, -0.25) is 10.1 Å². The molecule has 0 aliphatic carbocycles. The van der Waals surface area contributed by atoms with Gasteiger partial charge in [0.25, 0.3) is 0 Å². The minimum Gasteiger partial charge on any atom is -0.369 e. The Morgan fingerprint density at radius 1 is 1.64 bits per heavy atom. The first-order valence-corrected chi connectivity index (χ1v) is 5.15.